The molecule has 12 N–H and O–H groups in total. The van der Waals surface area contributed by atoms with Gasteiger partial charge in [0.05, 0.1) is 18.6 Å². The molecular formula is C27H41N7O10. The summed E-state index contributed by atoms with van der Waals surface area (Å²) < 4.78 is 0. The first-order valence-electron chi connectivity index (χ1n) is 13.6. The molecule has 1 rings (SSSR count). The quantitative estimate of drug-likeness (QED) is 0.0792. The van der Waals surface area contributed by atoms with Crippen molar-refractivity contribution in [2.24, 2.45) is 11.5 Å². The summed E-state index contributed by atoms with van der Waals surface area (Å²) in [4.78, 5) is 86.3. The molecule has 0 radical (unpaired) electrons. The Kier molecular flexibility index (Phi) is 14.9. The average Bonchev–Trinajstić information content (AvgIpc) is 2.94. The average molecular weight is 624 g/mol. The van der Waals surface area contributed by atoms with E-state index in [4.69, 9.17) is 11.5 Å². The number of aliphatic hydroxyl groups is 2. The van der Waals surface area contributed by atoms with E-state index < -0.39 is 96.3 Å². The van der Waals surface area contributed by atoms with Crippen LogP contribution in [-0.2, 0) is 40.0 Å². The van der Waals surface area contributed by atoms with Gasteiger partial charge in [-0.3, -0.25) is 28.8 Å². The number of nitrogens with two attached hydrogens (primary N) is 2. The highest BCUT2D eigenvalue weighted by molar-refractivity contribution is 5.96. The monoisotopic (exact) mass is 623 g/mol. The molecule has 0 fully saturated rings. The Labute approximate surface area is 253 Å². The first-order chi connectivity index (χ1) is 20.4. The van der Waals surface area contributed by atoms with Gasteiger partial charge in [-0.2, -0.15) is 0 Å². The zero-order valence-corrected chi connectivity index (χ0v) is 24.8. The summed E-state index contributed by atoms with van der Waals surface area (Å²) in [6.07, 6.45) is -3.40. The molecule has 0 bridgehead atoms. The molecule has 0 saturated carbocycles. The number of nitrogens with one attached hydrogen (secondary N) is 5. The zero-order valence-electron chi connectivity index (χ0n) is 24.8. The molecule has 0 unspecified atom stereocenters. The number of carboxylic acids is 1. The summed E-state index contributed by atoms with van der Waals surface area (Å²) in [5, 5.41) is 40.3. The van der Waals surface area contributed by atoms with Crippen LogP contribution >= 0.6 is 0 Å². The molecule has 1 aromatic rings. The van der Waals surface area contributed by atoms with Crippen LogP contribution in [0, 0.1) is 0 Å². The van der Waals surface area contributed by atoms with Gasteiger partial charge in [0, 0.05) is 6.42 Å². The third kappa shape index (κ3) is 12.3. The fraction of sp³-hybridized carbons (Fsp3) is 0.519. The minimum atomic E-state index is -1.64. The predicted octanol–water partition coefficient (Wildman–Crippen LogP) is -4.26. The Morgan fingerprint density at radius 2 is 1.18 bits per heavy atom. The van der Waals surface area contributed by atoms with Crippen LogP contribution in [0.15, 0.2) is 30.3 Å². The van der Waals surface area contributed by atoms with Gasteiger partial charge >= 0.3 is 5.97 Å². The van der Waals surface area contributed by atoms with Gasteiger partial charge < -0.3 is 53.4 Å². The molecule has 0 aliphatic carbocycles. The molecule has 0 saturated heterocycles. The number of carbonyl (C=O) groups is 7. The Hall–Kier alpha value is -4.61. The van der Waals surface area contributed by atoms with Crippen molar-refractivity contribution in [3.05, 3.63) is 35.9 Å². The van der Waals surface area contributed by atoms with Crippen molar-refractivity contribution in [3.63, 3.8) is 0 Å². The van der Waals surface area contributed by atoms with Gasteiger partial charge in [0.2, 0.25) is 35.4 Å². The summed E-state index contributed by atoms with van der Waals surface area (Å²) in [5.74, 6) is -6.94. The Morgan fingerprint density at radius 1 is 0.682 bits per heavy atom. The molecule has 0 heterocycles. The number of hydrogen-bond acceptors (Lipinski definition) is 10. The van der Waals surface area contributed by atoms with E-state index >= 15 is 0 Å². The molecule has 17 heteroatoms. The third-order valence-corrected chi connectivity index (χ3v) is 6.32. The summed E-state index contributed by atoms with van der Waals surface area (Å²) in [6, 6.07) is 0.0419. The van der Waals surface area contributed by atoms with Crippen molar-refractivity contribution < 1.29 is 48.9 Å². The lowest BCUT2D eigenvalue weighted by molar-refractivity contribution is -0.143. The molecule has 244 valence electrons. The van der Waals surface area contributed by atoms with E-state index in [-0.39, 0.29) is 6.42 Å². The second kappa shape index (κ2) is 17.5. The summed E-state index contributed by atoms with van der Waals surface area (Å²) >= 11 is 0. The molecule has 0 aliphatic heterocycles. The van der Waals surface area contributed by atoms with Crippen LogP contribution in [0.5, 0.6) is 0 Å². The van der Waals surface area contributed by atoms with Crippen molar-refractivity contribution in [1.29, 1.82) is 0 Å². The number of amides is 6. The topological polar surface area (TPSA) is 292 Å². The van der Waals surface area contributed by atoms with Gasteiger partial charge in [0.1, 0.15) is 36.3 Å². The van der Waals surface area contributed by atoms with Gasteiger partial charge in [0.25, 0.3) is 0 Å². The molecule has 0 aromatic heterocycles. The molecule has 1 aromatic carbocycles. The molecule has 6 amide bonds. The number of primary amides is 1. The van der Waals surface area contributed by atoms with Gasteiger partial charge in [-0.05, 0) is 33.3 Å². The van der Waals surface area contributed by atoms with Crippen molar-refractivity contribution in [1.82, 2.24) is 26.6 Å². The van der Waals surface area contributed by atoms with Crippen LogP contribution in [0.3, 0.4) is 0 Å². The van der Waals surface area contributed by atoms with E-state index in [0.717, 1.165) is 0 Å². The van der Waals surface area contributed by atoms with Crippen LogP contribution in [0.4, 0.5) is 0 Å². The lowest BCUT2D eigenvalue weighted by Gasteiger charge is -2.26. The maximum absolute atomic E-state index is 13.0. The molecule has 17 nitrogen and oxygen atoms in total. The van der Waals surface area contributed by atoms with E-state index in [1.807, 2.05) is 0 Å². The largest absolute Gasteiger partial charge is 0.480 e. The van der Waals surface area contributed by atoms with E-state index in [0.29, 0.717) is 5.56 Å². The zero-order chi connectivity index (χ0) is 33.7. The number of rotatable bonds is 17. The molecule has 0 aliphatic rings. The summed E-state index contributed by atoms with van der Waals surface area (Å²) in [7, 11) is 0. The van der Waals surface area contributed by atoms with Gasteiger partial charge in [-0.25, -0.2) is 4.79 Å². The van der Waals surface area contributed by atoms with E-state index in [2.05, 4.69) is 26.6 Å². The second-order valence-electron chi connectivity index (χ2n) is 10.3. The highest BCUT2D eigenvalue weighted by atomic mass is 16.4. The lowest BCUT2D eigenvalue weighted by Crippen LogP contribution is -2.60. The highest BCUT2D eigenvalue weighted by Gasteiger charge is 2.32. The van der Waals surface area contributed by atoms with E-state index in [9.17, 15) is 48.9 Å². The first kappa shape index (κ1) is 37.4. The minimum Gasteiger partial charge on any atom is -0.480 e. The van der Waals surface area contributed by atoms with E-state index in [1.54, 1.807) is 30.3 Å². The highest BCUT2D eigenvalue weighted by Crippen LogP contribution is 2.06. The molecular weight excluding hydrogens is 582 g/mol. The summed E-state index contributed by atoms with van der Waals surface area (Å²) in [5.41, 5.74) is 11.2. The Morgan fingerprint density at radius 3 is 1.66 bits per heavy atom. The van der Waals surface area contributed by atoms with Crippen LogP contribution in [0.1, 0.15) is 39.7 Å². The number of carboxylic acid groups (broad SMARTS) is 1. The number of hydrogen-bond donors (Lipinski definition) is 10. The molecule has 44 heavy (non-hydrogen) atoms. The lowest BCUT2D eigenvalue weighted by atomic mass is 10.0. The van der Waals surface area contributed by atoms with Gasteiger partial charge in [-0.15, -0.1) is 0 Å². The van der Waals surface area contributed by atoms with Crippen LogP contribution in [0.25, 0.3) is 0 Å². The molecule has 0 spiro atoms. The Bertz CT molecular complexity index is 1190. The first-order valence-corrected chi connectivity index (χ1v) is 13.6. The van der Waals surface area contributed by atoms with E-state index in [1.165, 1.54) is 27.7 Å². The standard InChI is InChI=1S/C27H41N7O10/c1-12(31-26(42)21(15(4)36)34-25(41)20(29)14(3)35)22(38)30-13(2)23(39)32-17(10-16-8-6-5-7-9-16)24(40)33-18(27(43)44)11-19(28)37/h5-9,12-15,17-18,20-21,35-36H,10-11,29H2,1-4H3,(H2,28,37)(H,30,38)(H,31,42)(H,32,39)(H,33,40)(H,34,41)(H,43,44)/t12-,13-,14+,15+,17-,18-,20-,21-/m0/s1. The second-order valence-corrected chi connectivity index (χ2v) is 10.3. The number of aliphatic carboxylic acids is 1. The fourth-order valence-corrected chi connectivity index (χ4v) is 3.68. The predicted molar refractivity (Wildman–Crippen MR) is 154 cm³/mol. The maximum atomic E-state index is 13.0. The normalized spacial score (nSPS) is 16.3. The number of aliphatic hydroxyl groups excluding tert-OH is 2. The minimum absolute atomic E-state index is 0.0698. The van der Waals surface area contributed by atoms with Gasteiger partial charge in [0.15, 0.2) is 0 Å². The SMILES string of the molecule is C[C@H](NC(=O)[C@H](C)NC(=O)[C@@H](NC(=O)[C@@H](N)[C@@H](C)O)[C@@H](C)O)C(=O)N[C@@H](Cc1ccccc1)C(=O)N[C@@H](CC(N)=O)C(=O)O. The molecule has 8 atom stereocenters. The van der Waals surface area contributed by atoms with Crippen molar-refractivity contribution in [3.8, 4) is 0 Å². The van der Waals surface area contributed by atoms with Crippen molar-refractivity contribution >= 4 is 41.4 Å². The van der Waals surface area contributed by atoms with Gasteiger partial charge in [-0.1, -0.05) is 30.3 Å². The third-order valence-electron chi connectivity index (χ3n) is 6.32. The van der Waals surface area contributed by atoms with Crippen molar-refractivity contribution in [2.45, 2.75) is 89.0 Å². The van der Waals surface area contributed by atoms with Crippen molar-refractivity contribution in [2.75, 3.05) is 0 Å². The van der Waals surface area contributed by atoms with Crippen LogP contribution < -0.4 is 38.1 Å². The Balaban J connectivity index is 2.94. The summed E-state index contributed by atoms with van der Waals surface area (Å²) in [6.45, 7) is 5.04. The van der Waals surface area contributed by atoms with Crippen LogP contribution in [-0.4, -0.2) is 105 Å². The maximum Gasteiger partial charge on any atom is 0.326 e. The fourth-order valence-electron chi connectivity index (χ4n) is 3.68. The van der Waals surface area contributed by atoms with Crippen LogP contribution in [0.2, 0.25) is 0 Å². The number of benzene rings is 1. The smallest absolute Gasteiger partial charge is 0.326 e. The number of carbonyl (C=O) groups excluding carboxylic acids is 6.